The van der Waals surface area contributed by atoms with E-state index in [0.29, 0.717) is 24.6 Å². The monoisotopic (exact) mass is 321 g/mol. The Morgan fingerprint density at radius 2 is 2.36 bits per heavy atom. The molecule has 5 nitrogen and oxygen atoms in total. The summed E-state index contributed by atoms with van der Waals surface area (Å²) in [7, 11) is 3.35. The van der Waals surface area contributed by atoms with E-state index in [-0.39, 0.29) is 11.7 Å². The number of fused-ring (bicyclic) bond motifs is 3. The van der Waals surface area contributed by atoms with Gasteiger partial charge in [0.25, 0.3) is 5.91 Å². The number of nitrogens with zero attached hydrogens (tertiary/aromatic N) is 2. The van der Waals surface area contributed by atoms with E-state index in [2.05, 4.69) is 10.4 Å². The number of rotatable bonds is 4. The van der Waals surface area contributed by atoms with E-state index in [1.54, 1.807) is 36.7 Å². The van der Waals surface area contributed by atoms with Crippen molar-refractivity contribution < 1.29 is 13.9 Å². The normalized spacial score (nSPS) is 12.7. The Hall–Kier alpha value is -1.86. The van der Waals surface area contributed by atoms with E-state index in [4.69, 9.17) is 4.74 Å². The predicted molar refractivity (Wildman–Crippen MR) is 82.4 cm³/mol. The van der Waals surface area contributed by atoms with E-state index in [1.165, 1.54) is 12.1 Å². The molecular weight excluding hydrogens is 305 g/mol. The molecule has 0 atom stereocenters. The molecule has 22 heavy (non-hydrogen) atoms. The highest BCUT2D eigenvalue weighted by Crippen LogP contribution is 2.42. The van der Waals surface area contributed by atoms with Crippen LogP contribution in [0.2, 0.25) is 0 Å². The second-order valence-corrected chi connectivity index (χ2v) is 5.99. The fraction of sp³-hybridized carbons (Fsp3) is 0.333. The van der Waals surface area contributed by atoms with Gasteiger partial charge in [0.2, 0.25) is 0 Å². The van der Waals surface area contributed by atoms with Crippen molar-refractivity contribution in [3.63, 3.8) is 0 Å². The maximum atomic E-state index is 13.6. The van der Waals surface area contributed by atoms with Gasteiger partial charge in [0.15, 0.2) is 5.69 Å². The maximum Gasteiger partial charge on any atom is 0.272 e. The van der Waals surface area contributed by atoms with Crippen molar-refractivity contribution in [1.82, 2.24) is 15.1 Å². The minimum atomic E-state index is -0.292. The number of aryl methyl sites for hydroxylation is 1. The number of methoxy groups -OCH3 is 1. The first-order chi connectivity index (χ1) is 10.6. The van der Waals surface area contributed by atoms with Crippen LogP contribution in [0.1, 0.15) is 16.1 Å². The van der Waals surface area contributed by atoms with Crippen molar-refractivity contribution in [2.45, 2.75) is 10.6 Å². The summed E-state index contributed by atoms with van der Waals surface area (Å²) in [5.74, 6) is 0.128. The SMILES string of the molecule is COCCNC(=O)c1nn(C)c2c1CSc1ccc(F)cc1-2. The summed E-state index contributed by atoms with van der Waals surface area (Å²) in [5, 5.41) is 7.10. The molecule has 0 saturated heterocycles. The lowest BCUT2D eigenvalue weighted by Gasteiger charge is -2.17. The van der Waals surface area contributed by atoms with Gasteiger partial charge in [-0.2, -0.15) is 5.10 Å². The molecule has 0 spiro atoms. The number of benzene rings is 1. The van der Waals surface area contributed by atoms with Gasteiger partial charge in [0.05, 0.1) is 12.3 Å². The Balaban J connectivity index is 1.98. The maximum absolute atomic E-state index is 13.6. The lowest BCUT2D eigenvalue weighted by Crippen LogP contribution is -2.28. The zero-order valence-electron chi connectivity index (χ0n) is 12.4. The van der Waals surface area contributed by atoms with E-state index in [9.17, 15) is 9.18 Å². The number of amides is 1. The van der Waals surface area contributed by atoms with Crippen molar-refractivity contribution in [3.05, 3.63) is 35.3 Å². The van der Waals surface area contributed by atoms with Crippen LogP contribution in [0.3, 0.4) is 0 Å². The molecule has 3 rings (SSSR count). The van der Waals surface area contributed by atoms with Gasteiger partial charge in [-0.25, -0.2) is 4.39 Å². The zero-order chi connectivity index (χ0) is 15.7. The molecule has 1 aliphatic heterocycles. The molecule has 116 valence electrons. The molecule has 0 bridgehead atoms. The molecule has 0 radical (unpaired) electrons. The van der Waals surface area contributed by atoms with Gasteiger partial charge < -0.3 is 10.1 Å². The number of carbonyl (C=O) groups is 1. The van der Waals surface area contributed by atoms with Gasteiger partial charge in [-0.1, -0.05) is 0 Å². The quantitative estimate of drug-likeness (QED) is 0.877. The lowest BCUT2D eigenvalue weighted by atomic mass is 10.1. The molecule has 0 saturated carbocycles. The summed E-state index contributed by atoms with van der Waals surface area (Å²) < 4.78 is 20.1. The largest absolute Gasteiger partial charge is 0.383 e. The smallest absolute Gasteiger partial charge is 0.272 e. The molecule has 1 aliphatic rings. The van der Waals surface area contributed by atoms with Crippen molar-refractivity contribution in [1.29, 1.82) is 0 Å². The minimum Gasteiger partial charge on any atom is -0.383 e. The number of aromatic nitrogens is 2. The second kappa shape index (κ2) is 6.10. The summed E-state index contributed by atoms with van der Waals surface area (Å²) in [6.45, 7) is 0.878. The Morgan fingerprint density at radius 1 is 1.55 bits per heavy atom. The molecule has 2 heterocycles. The molecular formula is C15H16FN3O2S. The van der Waals surface area contributed by atoms with Gasteiger partial charge >= 0.3 is 0 Å². The first kappa shape index (κ1) is 15.1. The molecule has 1 N–H and O–H groups in total. The Morgan fingerprint density at radius 3 is 3.14 bits per heavy atom. The molecule has 0 fully saturated rings. The minimum absolute atomic E-state index is 0.227. The van der Waals surface area contributed by atoms with Crippen molar-refractivity contribution in [3.8, 4) is 11.3 Å². The number of hydrogen-bond acceptors (Lipinski definition) is 4. The van der Waals surface area contributed by atoms with Gasteiger partial charge in [-0.05, 0) is 18.2 Å². The van der Waals surface area contributed by atoms with Crippen molar-refractivity contribution >= 4 is 17.7 Å². The van der Waals surface area contributed by atoms with Gasteiger partial charge in [-0.3, -0.25) is 9.48 Å². The van der Waals surface area contributed by atoms with Crippen molar-refractivity contribution in [2.75, 3.05) is 20.3 Å². The van der Waals surface area contributed by atoms with E-state index in [0.717, 1.165) is 21.7 Å². The molecule has 1 aromatic carbocycles. The Kier molecular flexibility index (Phi) is 4.17. The van der Waals surface area contributed by atoms with Crippen LogP contribution >= 0.6 is 11.8 Å². The number of ether oxygens (including phenoxy) is 1. The first-order valence-corrected chi connectivity index (χ1v) is 7.86. The van der Waals surface area contributed by atoms with Crippen LogP contribution in [0.15, 0.2) is 23.1 Å². The fourth-order valence-corrected chi connectivity index (χ4v) is 3.59. The number of halogens is 1. The van der Waals surface area contributed by atoms with Gasteiger partial charge in [0, 0.05) is 42.5 Å². The van der Waals surface area contributed by atoms with E-state index in [1.807, 2.05) is 0 Å². The molecule has 0 unspecified atom stereocenters. The third-order valence-corrected chi connectivity index (χ3v) is 4.62. The molecule has 1 aromatic heterocycles. The number of carbonyl (C=O) groups excluding carboxylic acids is 1. The summed E-state index contributed by atoms with van der Waals surface area (Å²) in [6, 6.07) is 4.71. The first-order valence-electron chi connectivity index (χ1n) is 6.87. The second-order valence-electron chi connectivity index (χ2n) is 4.98. The fourth-order valence-electron chi connectivity index (χ4n) is 2.54. The van der Waals surface area contributed by atoms with Gasteiger partial charge in [0.1, 0.15) is 5.82 Å². The average molecular weight is 321 g/mol. The third kappa shape index (κ3) is 2.62. The summed E-state index contributed by atoms with van der Waals surface area (Å²) >= 11 is 1.59. The van der Waals surface area contributed by atoms with Crippen LogP contribution in [-0.4, -0.2) is 35.9 Å². The Labute approximate surface area is 131 Å². The van der Waals surface area contributed by atoms with Crippen LogP contribution in [0, 0.1) is 5.82 Å². The lowest BCUT2D eigenvalue weighted by molar-refractivity contribution is 0.0930. The standard InChI is InChI=1S/C15H16FN3O2S/c1-19-14-10-7-9(16)3-4-12(10)22-8-11(14)13(18-19)15(20)17-5-6-21-2/h3-4,7H,5-6,8H2,1-2H3,(H,17,20). The zero-order valence-corrected chi connectivity index (χ0v) is 13.2. The van der Waals surface area contributed by atoms with Crippen LogP contribution < -0.4 is 5.32 Å². The van der Waals surface area contributed by atoms with Crippen LogP contribution in [0.25, 0.3) is 11.3 Å². The highest BCUT2D eigenvalue weighted by Gasteiger charge is 2.27. The van der Waals surface area contributed by atoms with Crippen LogP contribution in [0.5, 0.6) is 0 Å². The van der Waals surface area contributed by atoms with Crippen molar-refractivity contribution in [2.24, 2.45) is 7.05 Å². The highest BCUT2D eigenvalue weighted by atomic mass is 32.2. The Bertz CT molecular complexity index is 730. The predicted octanol–water partition coefficient (Wildman–Crippen LogP) is 2.21. The molecule has 2 aromatic rings. The van der Waals surface area contributed by atoms with Gasteiger partial charge in [-0.15, -0.1) is 11.8 Å². The molecule has 0 aliphatic carbocycles. The summed E-state index contributed by atoms with van der Waals surface area (Å²) in [5.41, 5.74) is 2.85. The molecule has 1 amide bonds. The summed E-state index contributed by atoms with van der Waals surface area (Å²) in [6.07, 6.45) is 0. The number of hydrogen-bond donors (Lipinski definition) is 1. The number of nitrogens with one attached hydrogen (secondary N) is 1. The average Bonchev–Trinajstić information content (AvgIpc) is 2.85. The summed E-state index contributed by atoms with van der Waals surface area (Å²) in [4.78, 5) is 13.3. The van der Waals surface area contributed by atoms with Crippen LogP contribution in [-0.2, 0) is 17.5 Å². The van der Waals surface area contributed by atoms with Crippen LogP contribution in [0.4, 0.5) is 4.39 Å². The highest BCUT2D eigenvalue weighted by molar-refractivity contribution is 7.98. The third-order valence-electron chi connectivity index (χ3n) is 3.52. The van der Waals surface area contributed by atoms with E-state index >= 15 is 0 Å². The van der Waals surface area contributed by atoms with E-state index < -0.39 is 0 Å². The number of thioether (sulfide) groups is 1. The topological polar surface area (TPSA) is 56.1 Å². The molecule has 7 heteroatoms.